The van der Waals surface area contributed by atoms with Crippen LogP contribution in [0, 0.1) is 0 Å². The van der Waals surface area contributed by atoms with E-state index < -0.39 is 0 Å². The number of amides is 1. The Morgan fingerprint density at radius 2 is 1.95 bits per heavy atom. The average molecular weight is 311 g/mol. The van der Waals surface area contributed by atoms with Gasteiger partial charge in [0.1, 0.15) is 0 Å². The molecule has 3 rings (SSSR count). The number of hydrogen-bond acceptors (Lipinski definition) is 3. The molecule has 0 aliphatic carbocycles. The Hall–Kier alpha value is -2.40. The quantitative estimate of drug-likeness (QED) is 0.725. The Morgan fingerprint density at radius 3 is 2.59 bits per heavy atom. The van der Waals surface area contributed by atoms with Gasteiger partial charge < -0.3 is 9.47 Å². The molecule has 4 nitrogen and oxygen atoms in total. The predicted molar refractivity (Wildman–Crippen MR) is 88.5 cm³/mol. The minimum absolute atomic E-state index is 0.0376. The standard InChI is InChI=1S/C17H17N3OS/c1-19(12-8-16-18-9-13-22-16)17(21)14-4-6-15(7-5-14)20-10-2-3-11-20/h2-7,9-11,13H,8,12H2,1H3. The average Bonchev–Trinajstić information content (AvgIpc) is 3.25. The SMILES string of the molecule is CN(CCc1nccs1)C(=O)c1ccc(-n2cccc2)cc1. The van der Waals surface area contributed by atoms with E-state index in [9.17, 15) is 4.79 Å². The number of hydrogen-bond donors (Lipinski definition) is 0. The number of carbonyl (C=O) groups excluding carboxylic acids is 1. The van der Waals surface area contributed by atoms with Crippen molar-refractivity contribution in [3.8, 4) is 5.69 Å². The van der Waals surface area contributed by atoms with Crippen LogP contribution in [-0.4, -0.2) is 34.0 Å². The van der Waals surface area contributed by atoms with Crippen molar-refractivity contribution in [3.05, 3.63) is 70.9 Å². The van der Waals surface area contributed by atoms with Gasteiger partial charge in [0.2, 0.25) is 0 Å². The number of nitrogens with zero attached hydrogens (tertiary/aromatic N) is 3. The molecule has 2 aromatic heterocycles. The van der Waals surface area contributed by atoms with Crippen LogP contribution in [-0.2, 0) is 6.42 Å². The number of carbonyl (C=O) groups is 1. The molecular formula is C17H17N3OS. The van der Waals surface area contributed by atoms with Crippen LogP contribution in [0.5, 0.6) is 0 Å². The molecule has 0 unspecified atom stereocenters. The van der Waals surface area contributed by atoms with Gasteiger partial charge >= 0.3 is 0 Å². The molecule has 0 aliphatic rings. The summed E-state index contributed by atoms with van der Waals surface area (Å²) in [5.74, 6) is 0.0376. The summed E-state index contributed by atoms with van der Waals surface area (Å²) in [5.41, 5.74) is 1.75. The van der Waals surface area contributed by atoms with E-state index in [2.05, 4.69) is 4.98 Å². The molecule has 0 radical (unpaired) electrons. The van der Waals surface area contributed by atoms with E-state index >= 15 is 0 Å². The Morgan fingerprint density at radius 1 is 1.23 bits per heavy atom. The molecule has 112 valence electrons. The van der Waals surface area contributed by atoms with Crippen LogP contribution in [0.3, 0.4) is 0 Å². The third-order valence-electron chi connectivity index (χ3n) is 3.51. The van der Waals surface area contributed by atoms with Crippen molar-refractivity contribution < 1.29 is 4.79 Å². The summed E-state index contributed by atoms with van der Waals surface area (Å²) < 4.78 is 2.01. The van der Waals surface area contributed by atoms with Crippen LogP contribution >= 0.6 is 11.3 Å². The molecule has 0 N–H and O–H groups in total. The van der Waals surface area contributed by atoms with Crippen LogP contribution in [0.25, 0.3) is 5.69 Å². The first kappa shape index (κ1) is 14.5. The first-order valence-electron chi connectivity index (χ1n) is 7.11. The molecule has 1 aromatic carbocycles. The Bertz CT molecular complexity index is 718. The molecular weight excluding hydrogens is 294 g/mol. The molecule has 3 aromatic rings. The number of thiazole rings is 1. The molecule has 0 bridgehead atoms. The van der Waals surface area contributed by atoms with Crippen molar-refractivity contribution in [2.45, 2.75) is 6.42 Å². The first-order chi connectivity index (χ1) is 10.7. The Balaban J connectivity index is 1.64. The van der Waals surface area contributed by atoms with Gasteiger partial charge in [-0.2, -0.15) is 0 Å². The minimum atomic E-state index is 0.0376. The summed E-state index contributed by atoms with van der Waals surface area (Å²) in [6.45, 7) is 0.672. The van der Waals surface area contributed by atoms with Crippen molar-refractivity contribution in [1.29, 1.82) is 0 Å². The van der Waals surface area contributed by atoms with Crippen LogP contribution in [0.2, 0.25) is 0 Å². The second kappa shape index (κ2) is 6.58. The second-order valence-corrected chi connectivity index (χ2v) is 6.02. The Kier molecular flexibility index (Phi) is 4.34. The van der Waals surface area contributed by atoms with Crippen molar-refractivity contribution in [3.63, 3.8) is 0 Å². The monoisotopic (exact) mass is 311 g/mol. The van der Waals surface area contributed by atoms with Crippen LogP contribution in [0.15, 0.2) is 60.4 Å². The number of rotatable bonds is 5. The summed E-state index contributed by atoms with van der Waals surface area (Å²) in [6.07, 6.45) is 6.55. The maximum atomic E-state index is 12.4. The molecule has 0 fully saturated rings. The fraction of sp³-hybridized carbons (Fsp3) is 0.176. The summed E-state index contributed by atoms with van der Waals surface area (Å²) in [4.78, 5) is 18.4. The number of benzene rings is 1. The Labute approximate surface area is 133 Å². The molecule has 2 heterocycles. The van der Waals surface area contributed by atoms with E-state index in [1.165, 1.54) is 0 Å². The van der Waals surface area contributed by atoms with E-state index in [0.29, 0.717) is 12.1 Å². The van der Waals surface area contributed by atoms with E-state index in [-0.39, 0.29) is 5.91 Å². The lowest BCUT2D eigenvalue weighted by molar-refractivity contribution is 0.0796. The highest BCUT2D eigenvalue weighted by Crippen LogP contribution is 2.12. The lowest BCUT2D eigenvalue weighted by atomic mass is 10.2. The molecule has 5 heteroatoms. The van der Waals surface area contributed by atoms with E-state index in [0.717, 1.165) is 17.1 Å². The zero-order valence-corrected chi connectivity index (χ0v) is 13.2. The van der Waals surface area contributed by atoms with E-state index in [1.54, 1.807) is 22.4 Å². The normalized spacial score (nSPS) is 10.6. The van der Waals surface area contributed by atoms with Gasteiger partial charge in [0.15, 0.2) is 0 Å². The lowest BCUT2D eigenvalue weighted by Crippen LogP contribution is -2.28. The van der Waals surface area contributed by atoms with Crippen molar-refractivity contribution in [2.75, 3.05) is 13.6 Å². The summed E-state index contributed by atoms with van der Waals surface area (Å²) in [7, 11) is 1.83. The molecule has 0 saturated carbocycles. The fourth-order valence-electron chi connectivity index (χ4n) is 2.24. The second-order valence-electron chi connectivity index (χ2n) is 5.04. The van der Waals surface area contributed by atoms with Gasteiger partial charge in [0.05, 0.1) is 5.01 Å². The minimum Gasteiger partial charge on any atom is -0.341 e. The largest absolute Gasteiger partial charge is 0.341 e. The van der Waals surface area contributed by atoms with Crippen LogP contribution in [0.1, 0.15) is 15.4 Å². The molecule has 22 heavy (non-hydrogen) atoms. The van der Waals surface area contributed by atoms with E-state index in [1.807, 2.05) is 65.8 Å². The van der Waals surface area contributed by atoms with Gasteiger partial charge in [-0.25, -0.2) is 4.98 Å². The summed E-state index contributed by atoms with van der Waals surface area (Å²) >= 11 is 1.62. The lowest BCUT2D eigenvalue weighted by Gasteiger charge is -2.16. The van der Waals surface area contributed by atoms with Gasteiger partial charge in [0.25, 0.3) is 5.91 Å². The molecule has 1 amide bonds. The highest BCUT2D eigenvalue weighted by atomic mass is 32.1. The maximum absolute atomic E-state index is 12.4. The van der Waals surface area contributed by atoms with Crippen LogP contribution in [0.4, 0.5) is 0 Å². The van der Waals surface area contributed by atoms with Crippen molar-refractivity contribution >= 4 is 17.2 Å². The third-order valence-corrected chi connectivity index (χ3v) is 4.35. The first-order valence-corrected chi connectivity index (χ1v) is 7.99. The van der Waals surface area contributed by atoms with Gasteiger partial charge in [-0.15, -0.1) is 11.3 Å². The molecule has 0 atom stereocenters. The summed E-state index contributed by atoms with van der Waals surface area (Å²) in [5, 5.41) is 3.01. The highest BCUT2D eigenvalue weighted by Gasteiger charge is 2.12. The topological polar surface area (TPSA) is 38.1 Å². The van der Waals surface area contributed by atoms with E-state index in [4.69, 9.17) is 0 Å². The molecule has 0 saturated heterocycles. The maximum Gasteiger partial charge on any atom is 0.253 e. The summed E-state index contributed by atoms with van der Waals surface area (Å²) in [6, 6.07) is 11.6. The zero-order chi connectivity index (χ0) is 15.4. The fourth-order valence-corrected chi connectivity index (χ4v) is 2.85. The van der Waals surface area contributed by atoms with Gasteiger partial charge in [-0.1, -0.05) is 0 Å². The predicted octanol–water partition coefficient (Wildman–Crippen LogP) is 3.25. The molecule has 0 spiro atoms. The van der Waals surface area contributed by atoms with Gasteiger partial charge in [-0.05, 0) is 36.4 Å². The van der Waals surface area contributed by atoms with Gasteiger partial charge in [0, 0.05) is 55.2 Å². The molecule has 0 aliphatic heterocycles. The van der Waals surface area contributed by atoms with Crippen molar-refractivity contribution in [1.82, 2.24) is 14.5 Å². The highest BCUT2D eigenvalue weighted by molar-refractivity contribution is 7.09. The van der Waals surface area contributed by atoms with Gasteiger partial charge in [-0.3, -0.25) is 4.79 Å². The van der Waals surface area contributed by atoms with Crippen LogP contribution < -0.4 is 0 Å². The van der Waals surface area contributed by atoms with Crippen molar-refractivity contribution in [2.24, 2.45) is 0 Å². The number of likely N-dealkylation sites (N-methyl/N-ethyl adjacent to an activating group) is 1. The smallest absolute Gasteiger partial charge is 0.253 e. The third kappa shape index (κ3) is 3.26. The number of aromatic nitrogens is 2. The zero-order valence-electron chi connectivity index (χ0n) is 12.3.